The number of piperidine rings is 2. The molecule has 7 nitrogen and oxygen atoms in total. The zero-order valence-electron chi connectivity index (χ0n) is 21.2. The number of para-hydroxylation sites is 2. The van der Waals surface area contributed by atoms with E-state index in [0.717, 1.165) is 35.3 Å². The van der Waals surface area contributed by atoms with Crippen LogP contribution in [0.4, 0.5) is 0 Å². The monoisotopic (exact) mass is 528 g/mol. The van der Waals surface area contributed by atoms with E-state index < -0.39 is 10.0 Å². The number of rotatable bonds is 5. The summed E-state index contributed by atoms with van der Waals surface area (Å²) in [5.74, 6) is 0.987. The van der Waals surface area contributed by atoms with Gasteiger partial charge in [-0.15, -0.1) is 0 Å². The van der Waals surface area contributed by atoms with Crippen LogP contribution in [-0.4, -0.2) is 53.1 Å². The standard InChI is InChI=1S/C30H32N4O3S/c35-30(33-19-17-23(18-20-33)29-31-26-13-7-8-14-27(26)32-29)24-15-16-28(22-9-3-1-4-10-22)34(21-24)38(36,37)25-11-5-2-6-12-25/h1-14,23-24,28H,15-21H2,(H,31,32)/t24-,28-/m1/s1. The van der Waals surface area contributed by atoms with Crippen molar-refractivity contribution in [2.24, 2.45) is 5.92 Å². The highest BCUT2D eigenvalue weighted by Crippen LogP contribution is 2.38. The number of nitrogens with one attached hydrogen (secondary N) is 1. The lowest BCUT2D eigenvalue weighted by molar-refractivity contribution is -0.138. The quantitative estimate of drug-likeness (QED) is 0.390. The second kappa shape index (κ2) is 10.3. The van der Waals surface area contributed by atoms with Crippen LogP contribution in [0.5, 0.6) is 0 Å². The van der Waals surface area contributed by atoms with Gasteiger partial charge in [0, 0.05) is 25.6 Å². The number of nitrogens with zero attached hydrogens (tertiary/aromatic N) is 3. The number of likely N-dealkylation sites (tertiary alicyclic amines) is 1. The third-order valence-electron chi connectivity index (χ3n) is 8.02. The molecule has 6 rings (SSSR count). The van der Waals surface area contributed by atoms with Crippen molar-refractivity contribution >= 4 is 27.0 Å². The fraction of sp³-hybridized carbons (Fsp3) is 0.333. The average Bonchev–Trinajstić information content (AvgIpc) is 3.42. The Hall–Kier alpha value is -3.49. The van der Waals surface area contributed by atoms with Crippen LogP contribution in [0.25, 0.3) is 11.0 Å². The van der Waals surface area contributed by atoms with Gasteiger partial charge >= 0.3 is 0 Å². The molecule has 2 aliphatic heterocycles. The zero-order chi connectivity index (χ0) is 26.1. The number of fused-ring (bicyclic) bond motifs is 1. The molecule has 8 heteroatoms. The van der Waals surface area contributed by atoms with Crippen molar-refractivity contribution < 1.29 is 13.2 Å². The van der Waals surface area contributed by atoms with Gasteiger partial charge in [-0.3, -0.25) is 4.79 Å². The molecule has 0 bridgehead atoms. The van der Waals surface area contributed by atoms with Crippen LogP contribution in [0.15, 0.2) is 89.8 Å². The van der Waals surface area contributed by atoms with Crippen molar-refractivity contribution in [2.75, 3.05) is 19.6 Å². The Labute approximate surface area is 223 Å². The van der Waals surface area contributed by atoms with Gasteiger partial charge in [0.25, 0.3) is 0 Å². The molecule has 0 radical (unpaired) electrons. The minimum Gasteiger partial charge on any atom is -0.342 e. The van der Waals surface area contributed by atoms with Crippen molar-refractivity contribution in [1.82, 2.24) is 19.2 Å². The van der Waals surface area contributed by atoms with Gasteiger partial charge in [-0.25, -0.2) is 13.4 Å². The van der Waals surface area contributed by atoms with Gasteiger partial charge in [0.15, 0.2) is 0 Å². The maximum absolute atomic E-state index is 13.8. The molecule has 3 heterocycles. The molecular formula is C30H32N4O3S. The van der Waals surface area contributed by atoms with E-state index in [1.54, 1.807) is 28.6 Å². The zero-order valence-corrected chi connectivity index (χ0v) is 22.1. The minimum absolute atomic E-state index is 0.0628. The summed E-state index contributed by atoms with van der Waals surface area (Å²) < 4.78 is 29.1. The number of imidazole rings is 1. The molecule has 0 aliphatic carbocycles. The maximum Gasteiger partial charge on any atom is 0.243 e. The summed E-state index contributed by atoms with van der Waals surface area (Å²) >= 11 is 0. The van der Waals surface area contributed by atoms with Gasteiger partial charge in [0.05, 0.1) is 27.9 Å². The highest BCUT2D eigenvalue weighted by atomic mass is 32.2. The molecule has 1 amide bonds. The Morgan fingerprint density at radius 2 is 1.47 bits per heavy atom. The first-order valence-corrected chi connectivity index (χ1v) is 14.8. The van der Waals surface area contributed by atoms with E-state index in [9.17, 15) is 13.2 Å². The van der Waals surface area contributed by atoms with E-state index in [4.69, 9.17) is 4.98 Å². The van der Waals surface area contributed by atoms with Crippen LogP contribution in [0.1, 0.15) is 49.0 Å². The predicted molar refractivity (Wildman–Crippen MR) is 147 cm³/mol. The molecule has 1 N–H and O–H groups in total. The van der Waals surface area contributed by atoms with Crippen molar-refractivity contribution in [3.63, 3.8) is 0 Å². The third kappa shape index (κ3) is 4.74. The topological polar surface area (TPSA) is 86.4 Å². The number of aromatic amines is 1. The van der Waals surface area contributed by atoms with Gasteiger partial charge in [-0.1, -0.05) is 60.7 Å². The Morgan fingerprint density at radius 1 is 0.816 bits per heavy atom. The Kier molecular flexibility index (Phi) is 6.76. The lowest BCUT2D eigenvalue weighted by Crippen LogP contribution is -2.49. The van der Waals surface area contributed by atoms with E-state index in [1.807, 2.05) is 65.6 Å². The molecule has 0 unspecified atom stereocenters. The van der Waals surface area contributed by atoms with Crippen LogP contribution in [0.2, 0.25) is 0 Å². The second-order valence-electron chi connectivity index (χ2n) is 10.3. The summed E-state index contributed by atoms with van der Waals surface area (Å²) in [6.45, 7) is 1.51. The van der Waals surface area contributed by atoms with Gasteiger partial charge in [-0.2, -0.15) is 4.31 Å². The number of amides is 1. The molecule has 38 heavy (non-hydrogen) atoms. The first-order valence-electron chi connectivity index (χ1n) is 13.4. The SMILES string of the molecule is O=C([C@@H]1CC[C@H](c2ccccc2)N(S(=O)(=O)c2ccccc2)C1)N1CCC(c2nc3ccccc3[nH]2)CC1. The van der Waals surface area contributed by atoms with E-state index in [0.29, 0.717) is 25.9 Å². The lowest BCUT2D eigenvalue weighted by atomic mass is 9.89. The van der Waals surface area contributed by atoms with Crippen molar-refractivity contribution in [2.45, 2.75) is 42.5 Å². The lowest BCUT2D eigenvalue weighted by Gasteiger charge is -2.41. The van der Waals surface area contributed by atoms with Crippen LogP contribution in [-0.2, 0) is 14.8 Å². The first-order chi connectivity index (χ1) is 18.5. The summed E-state index contributed by atoms with van der Waals surface area (Å²) in [7, 11) is -3.76. The van der Waals surface area contributed by atoms with Crippen LogP contribution in [0, 0.1) is 5.92 Å². The molecule has 1 aromatic heterocycles. The largest absolute Gasteiger partial charge is 0.342 e. The van der Waals surface area contributed by atoms with E-state index >= 15 is 0 Å². The highest BCUT2D eigenvalue weighted by Gasteiger charge is 2.41. The average molecular weight is 529 g/mol. The molecule has 2 atom stereocenters. The summed E-state index contributed by atoms with van der Waals surface area (Å²) in [5.41, 5.74) is 2.97. The van der Waals surface area contributed by atoms with E-state index in [-0.39, 0.29) is 35.2 Å². The molecule has 2 saturated heterocycles. The summed E-state index contributed by atoms with van der Waals surface area (Å²) in [6, 6.07) is 26.1. The summed E-state index contributed by atoms with van der Waals surface area (Å²) in [4.78, 5) is 24.1. The predicted octanol–water partition coefficient (Wildman–Crippen LogP) is 5.11. The Bertz CT molecular complexity index is 1480. The van der Waals surface area contributed by atoms with Gasteiger partial charge in [0.2, 0.25) is 15.9 Å². The molecular weight excluding hydrogens is 496 g/mol. The number of hydrogen-bond acceptors (Lipinski definition) is 4. The number of carbonyl (C=O) groups is 1. The molecule has 0 saturated carbocycles. The number of H-pyrrole nitrogens is 1. The highest BCUT2D eigenvalue weighted by molar-refractivity contribution is 7.89. The summed E-state index contributed by atoms with van der Waals surface area (Å²) in [6.07, 6.45) is 2.97. The fourth-order valence-electron chi connectivity index (χ4n) is 5.94. The number of sulfonamides is 1. The second-order valence-corrected chi connectivity index (χ2v) is 12.2. The van der Waals surface area contributed by atoms with Crippen LogP contribution in [0.3, 0.4) is 0 Å². The molecule has 0 spiro atoms. The number of benzene rings is 3. The van der Waals surface area contributed by atoms with E-state index in [2.05, 4.69) is 4.98 Å². The number of carbonyl (C=O) groups excluding carboxylic acids is 1. The van der Waals surface area contributed by atoms with Gasteiger partial charge < -0.3 is 9.88 Å². The fourth-order valence-corrected chi connectivity index (χ4v) is 7.65. The van der Waals surface area contributed by atoms with Crippen LogP contribution >= 0.6 is 0 Å². The van der Waals surface area contributed by atoms with Gasteiger partial charge in [-0.05, 0) is 55.5 Å². The Morgan fingerprint density at radius 3 is 2.18 bits per heavy atom. The maximum atomic E-state index is 13.8. The number of aromatic nitrogens is 2. The third-order valence-corrected chi connectivity index (χ3v) is 9.91. The van der Waals surface area contributed by atoms with Crippen molar-refractivity contribution in [3.05, 3.63) is 96.3 Å². The molecule has 2 fully saturated rings. The first kappa shape index (κ1) is 24.8. The molecule has 2 aliphatic rings. The van der Waals surface area contributed by atoms with Gasteiger partial charge in [0.1, 0.15) is 5.82 Å². The number of hydrogen-bond donors (Lipinski definition) is 1. The van der Waals surface area contributed by atoms with Crippen molar-refractivity contribution in [1.29, 1.82) is 0 Å². The van der Waals surface area contributed by atoms with E-state index in [1.165, 1.54) is 0 Å². The minimum atomic E-state index is -3.76. The normalized spacial score (nSPS) is 21.5. The van der Waals surface area contributed by atoms with Crippen LogP contribution < -0.4 is 0 Å². The Balaban J connectivity index is 1.18. The smallest absolute Gasteiger partial charge is 0.243 e. The van der Waals surface area contributed by atoms with Crippen molar-refractivity contribution in [3.8, 4) is 0 Å². The molecule has 4 aromatic rings. The molecule has 196 valence electrons. The molecule has 3 aromatic carbocycles. The summed E-state index contributed by atoms with van der Waals surface area (Å²) in [5, 5.41) is 0.